The molecule has 2 aromatic rings. The topological polar surface area (TPSA) is 45.2 Å². The maximum absolute atomic E-state index is 12.8. The van der Waals surface area contributed by atoms with E-state index in [1.54, 1.807) is 0 Å². The van der Waals surface area contributed by atoms with Crippen molar-refractivity contribution in [3.63, 3.8) is 0 Å². The predicted molar refractivity (Wildman–Crippen MR) is 99.0 cm³/mol. The van der Waals surface area contributed by atoms with Crippen LogP contribution in [0.3, 0.4) is 0 Å². The third-order valence-electron chi connectivity index (χ3n) is 4.27. The summed E-state index contributed by atoms with van der Waals surface area (Å²) in [6, 6.07) is 10.3. The molecule has 0 radical (unpaired) electrons. The highest BCUT2D eigenvalue weighted by atomic mass is 35.5. The highest BCUT2D eigenvalue weighted by Gasteiger charge is 2.24. The summed E-state index contributed by atoms with van der Waals surface area (Å²) in [5.41, 5.74) is 2.56. The molecule has 1 N–H and O–H groups in total. The SMILES string of the molecule is CNC1CCN(C(=O)c2cc(C)nc3ccccc23)CC1.Cl.Cl. The fraction of sp³-hybridized carbons (Fsp3) is 0.412. The number of hydrogen-bond acceptors (Lipinski definition) is 3. The zero-order valence-corrected chi connectivity index (χ0v) is 15.0. The number of rotatable bonds is 2. The Hall–Kier alpha value is -1.36. The second kappa shape index (κ2) is 8.48. The molecule has 1 aromatic carbocycles. The van der Waals surface area contributed by atoms with Crippen molar-refractivity contribution in [2.75, 3.05) is 20.1 Å². The number of carbonyl (C=O) groups is 1. The smallest absolute Gasteiger partial charge is 0.254 e. The number of pyridine rings is 1. The van der Waals surface area contributed by atoms with Crippen LogP contribution < -0.4 is 5.32 Å². The third-order valence-corrected chi connectivity index (χ3v) is 4.27. The van der Waals surface area contributed by atoms with E-state index < -0.39 is 0 Å². The molecule has 1 fully saturated rings. The molecule has 2 heterocycles. The van der Waals surface area contributed by atoms with Crippen LogP contribution in [0.2, 0.25) is 0 Å². The Morgan fingerprint density at radius 3 is 2.52 bits per heavy atom. The number of para-hydroxylation sites is 1. The number of fused-ring (bicyclic) bond motifs is 1. The summed E-state index contributed by atoms with van der Waals surface area (Å²) in [6.45, 7) is 3.58. The van der Waals surface area contributed by atoms with Crippen molar-refractivity contribution in [3.05, 3.63) is 41.6 Å². The molecule has 3 rings (SSSR count). The minimum Gasteiger partial charge on any atom is -0.339 e. The molecule has 0 atom stereocenters. The van der Waals surface area contributed by atoms with Gasteiger partial charge >= 0.3 is 0 Å². The number of nitrogens with zero attached hydrogens (tertiary/aromatic N) is 2. The average molecular weight is 356 g/mol. The normalized spacial score (nSPS) is 15.0. The first-order chi connectivity index (χ1) is 10.2. The van der Waals surface area contributed by atoms with E-state index in [0.717, 1.165) is 48.1 Å². The molecule has 0 unspecified atom stereocenters. The van der Waals surface area contributed by atoms with E-state index in [1.807, 2.05) is 49.2 Å². The first kappa shape index (κ1) is 19.7. The number of hydrogen-bond donors (Lipinski definition) is 1. The Bertz CT molecular complexity index is 670. The molecular formula is C17H23Cl2N3O. The van der Waals surface area contributed by atoms with Crippen molar-refractivity contribution < 1.29 is 4.79 Å². The molecule has 0 bridgehead atoms. The molecule has 0 saturated carbocycles. The Morgan fingerprint density at radius 2 is 1.87 bits per heavy atom. The van der Waals surface area contributed by atoms with E-state index in [4.69, 9.17) is 0 Å². The van der Waals surface area contributed by atoms with Crippen LogP contribution in [-0.2, 0) is 0 Å². The van der Waals surface area contributed by atoms with Gasteiger partial charge in [-0.3, -0.25) is 9.78 Å². The van der Waals surface area contributed by atoms with Crippen molar-refractivity contribution in [2.24, 2.45) is 0 Å². The summed E-state index contributed by atoms with van der Waals surface area (Å²) in [5.74, 6) is 0.131. The molecule has 1 amide bonds. The van der Waals surface area contributed by atoms with Gasteiger partial charge in [-0.1, -0.05) is 18.2 Å². The lowest BCUT2D eigenvalue weighted by Gasteiger charge is -2.32. The van der Waals surface area contributed by atoms with Crippen LogP contribution >= 0.6 is 24.8 Å². The van der Waals surface area contributed by atoms with Gasteiger partial charge in [0.2, 0.25) is 0 Å². The van der Waals surface area contributed by atoms with Crippen molar-refractivity contribution in [3.8, 4) is 0 Å². The fourth-order valence-corrected chi connectivity index (χ4v) is 3.03. The van der Waals surface area contributed by atoms with Gasteiger partial charge in [0.1, 0.15) is 0 Å². The van der Waals surface area contributed by atoms with Crippen molar-refractivity contribution in [2.45, 2.75) is 25.8 Å². The number of piperidine rings is 1. The summed E-state index contributed by atoms with van der Waals surface area (Å²) in [5, 5.41) is 4.24. The number of amides is 1. The maximum atomic E-state index is 12.8. The number of nitrogens with one attached hydrogen (secondary N) is 1. The average Bonchev–Trinajstić information content (AvgIpc) is 2.53. The van der Waals surface area contributed by atoms with Gasteiger partial charge in [-0.2, -0.15) is 0 Å². The summed E-state index contributed by atoms with van der Waals surface area (Å²) in [6.07, 6.45) is 2.04. The molecule has 1 saturated heterocycles. The summed E-state index contributed by atoms with van der Waals surface area (Å²) in [7, 11) is 1.99. The number of carbonyl (C=O) groups excluding carboxylic acids is 1. The summed E-state index contributed by atoms with van der Waals surface area (Å²) in [4.78, 5) is 19.3. The third kappa shape index (κ3) is 4.14. The van der Waals surface area contributed by atoms with Crippen LogP contribution in [0, 0.1) is 6.92 Å². The van der Waals surface area contributed by atoms with Gasteiger partial charge in [-0.15, -0.1) is 24.8 Å². The molecule has 126 valence electrons. The molecule has 4 nitrogen and oxygen atoms in total. The Labute approximate surface area is 149 Å². The standard InChI is InChI=1S/C17H21N3O.2ClH/c1-12-11-15(14-5-3-4-6-16(14)19-12)17(21)20-9-7-13(18-2)8-10-20;;/h3-6,11,13,18H,7-10H2,1-2H3;2*1H. The molecule has 0 spiro atoms. The second-order valence-electron chi connectivity index (χ2n) is 5.68. The first-order valence-corrected chi connectivity index (χ1v) is 7.52. The summed E-state index contributed by atoms with van der Waals surface area (Å²) >= 11 is 0. The van der Waals surface area contributed by atoms with E-state index in [1.165, 1.54) is 0 Å². The predicted octanol–water partition coefficient (Wildman–Crippen LogP) is 3.21. The number of benzene rings is 1. The van der Waals surface area contributed by atoms with Crippen LogP contribution in [0.4, 0.5) is 0 Å². The number of aryl methyl sites for hydroxylation is 1. The zero-order valence-electron chi connectivity index (χ0n) is 13.4. The van der Waals surface area contributed by atoms with E-state index in [-0.39, 0.29) is 30.7 Å². The van der Waals surface area contributed by atoms with Crippen LogP contribution in [-0.4, -0.2) is 42.0 Å². The van der Waals surface area contributed by atoms with E-state index in [2.05, 4.69) is 10.3 Å². The second-order valence-corrected chi connectivity index (χ2v) is 5.68. The Morgan fingerprint density at radius 1 is 1.22 bits per heavy atom. The molecule has 1 aliphatic heterocycles. The highest BCUT2D eigenvalue weighted by molar-refractivity contribution is 6.06. The molecule has 6 heteroatoms. The lowest BCUT2D eigenvalue weighted by atomic mass is 10.0. The quantitative estimate of drug-likeness (QED) is 0.899. The summed E-state index contributed by atoms with van der Waals surface area (Å²) < 4.78 is 0. The minimum atomic E-state index is 0. The van der Waals surface area contributed by atoms with Gasteiger partial charge < -0.3 is 10.2 Å². The van der Waals surface area contributed by atoms with E-state index in [9.17, 15) is 4.79 Å². The molecule has 0 aliphatic carbocycles. The van der Waals surface area contributed by atoms with Gasteiger partial charge in [0.25, 0.3) is 5.91 Å². The van der Waals surface area contributed by atoms with Gasteiger partial charge in [-0.05, 0) is 38.9 Å². The lowest BCUT2D eigenvalue weighted by Crippen LogP contribution is -2.44. The van der Waals surface area contributed by atoms with Gasteiger partial charge in [0.05, 0.1) is 11.1 Å². The van der Waals surface area contributed by atoms with Crippen LogP contribution in [0.25, 0.3) is 10.9 Å². The van der Waals surface area contributed by atoms with Gasteiger partial charge in [0, 0.05) is 30.2 Å². The van der Waals surface area contributed by atoms with Crippen molar-refractivity contribution >= 4 is 41.6 Å². The molecule has 1 aromatic heterocycles. The number of halogens is 2. The Kier molecular flexibility index (Phi) is 7.26. The molecule has 1 aliphatic rings. The van der Waals surface area contributed by atoms with Crippen molar-refractivity contribution in [1.29, 1.82) is 0 Å². The van der Waals surface area contributed by atoms with Crippen LogP contribution in [0.15, 0.2) is 30.3 Å². The van der Waals surface area contributed by atoms with Crippen LogP contribution in [0.5, 0.6) is 0 Å². The monoisotopic (exact) mass is 355 g/mol. The fourth-order valence-electron chi connectivity index (χ4n) is 3.03. The van der Waals surface area contributed by atoms with Crippen LogP contribution in [0.1, 0.15) is 28.9 Å². The highest BCUT2D eigenvalue weighted by Crippen LogP contribution is 2.21. The lowest BCUT2D eigenvalue weighted by molar-refractivity contribution is 0.0709. The van der Waals surface area contributed by atoms with E-state index >= 15 is 0 Å². The first-order valence-electron chi connectivity index (χ1n) is 7.52. The zero-order chi connectivity index (χ0) is 14.8. The minimum absolute atomic E-state index is 0. The van der Waals surface area contributed by atoms with Gasteiger partial charge in [-0.25, -0.2) is 0 Å². The molecular weight excluding hydrogens is 333 g/mol. The number of aromatic nitrogens is 1. The molecule has 23 heavy (non-hydrogen) atoms. The largest absolute Gasteiger partial charge is 0.339 e. The van der Waals surface area contributed by atoms with E-state index in [0.29, 0.717) is 6.04 Å². The number of likely N-dealkylation sites (tertiary alicyclic amines) is 1. The Balaban J connectivity index is 0.00000132. The maximum Gasteiger partial charge on any atom is 0.254 e. The van der Waals surface area contributed by atoms with Crippen molar-refractivity contribution in [1.82, 2.24) is 15.2 Å². The van der Waals surface area contributed by atoms with Gasteiger partial charge in [0.15, 0.2) is 0 Å².